The molecule has 0 amide bonds. The Hall–Kier alpha value is -3.83. The summed E-state index contributed by atoms with van der Waals surface area (Å²) in [6.45, 7) is 7.45. The number of aromatic nitrogens is 1. The summed E-state index contributed by atoms with van der Waals surface area (Å²) in [4.78, 5) is 12.7. The normalized spacial score (nSPS) is 11.9. The van der Waals surface area contributed by atoms with Crippen LogP contribution in [0.4, 0.5) is 5.69 Å². The van der Waals surface area contributed by atoms with E-state index in [1.807, 2.05) is 13.8 Å². The standard InChI is InChI=1S/C27H28N2O7S2/c1-5-35-21-8-12-23(13-9-21)37(31,32)28-20-7-16-26-25(17-20)27(19(4)30)18(3)29(26)38(33,34)24-14-10-22(11-15-24)36-6-2/h7-17,28H,5-6H2,1-4H3. The predicted molar refractivity (Wildman–Crippen MR) is 145 cm³/mol. The average molecular weight is 557 g/mol. The lowest BCUT2D eigenvalue weighted by molar-refractivity contribution is 0.101. The number of rotatable bonds is 10. The molecule has 4 aromatic rings. The summed E-state index contributed by atoms with van der Waals surface area (Å²) in [7, 11) is -8.04. The molecule has 0 spiro atoms. The number of nitrogens with one attached hydrogen (secondary N) is 1. The first-order valence-corrected chi connectivity index (χ1v) is 14.8. The Morgan fingerprint density at radius 2 is 1.34 bits per heavy atom. The van der Waals surface area contributed by atoms with E-state index < -0.39 is 20.0 Å². The van der Waals surface area contributed by atoms with Crippen molar-refractivity contribution in [1.29, 1.82) is 0 Å². The second-order valence-electron chi connectivity index (χ2n) is 8.43. The van der Waals surface area contributed by atoms with Gasteiger partial charge in [-0.1, -0.05) is 0 Å². The van der Waals surface area contributed by atoms with Gasteiger partial charge >= 0.3 is 0 Å². The highest BCUT2D eigenvalue weighted by Crippen LogP contribution is 2.33. The summed E-state index contributed by atoms with van der Waals surface area (Å²) in [5, 5.41) is 0.316. The zero-order chi connectivity index (χ0) is 27.7. The predicted octanol–water partition coefficient (Wildman–Crippen LogP) is 4.99. The Kier molecular flexibility index (Phi) is 7.52. The number of sulfonamides is 1. The van der Waals surface area contributed by atoms with Crippen LogP contribution >= 0.6 is 0 Å². The van der Waals surface area contributed by atoms with Crippen molar-refractivity contribution >= 4 is 42.4 Å². The van der Waals surface area contributed by atoms with Crippen LogP contribution in [0.3, 0.4) is 0 Å². The van der Waals surface area contributed by atoms with Crippen LogP contribution in [0.15, 0.2) is 76.5 Å². The lowest BCUT2D eigenvalue weighted by Gasteiger charge is -2.12. The minimum atomic E-state index is -4.08. The van der Waals surface area contributed by atoms with Gasteiger partial charge in [0.1, 0.15) is 11.5 Å². The van der Waals surface area contributed by atoms with Gasteiger partial charge in [0.2, 0.25) is 0 Å². The highest BCUT2D eigenvalue weighted by molar-refractivity contribution is 7.92. The van der Waals surface area contributed by atoms with E-state index in [2.05, 4.69) is 4.72 Å². The number of nitrogens with zero attached hydrogens (tertiary/aromatic N) is 1. The van der Waals surface area contributed by atoms with E-state index in [4.69, 9.17) is 9.47 Å². The van der Waals surface area contributed by atoms with E-state index in [9.17, 15) is 21.6 Å². The molecule has 1 heterocycles. The van der Waals surface area contributed by atoms with Crippen molar-refractivity contribution < 1.29 is 31.1 Å². The molecule has 1 N–H and O–H groups in total. The third-order valence-corrected chi connectivity index (χ3v) is 9.09. The zero-order valence-electron chi connectivity index (χ0n) is 21.4. The fourth-order valence-corrected chi connectivity index (χ4v) is 6.89. The van der Waals surface area contributed by atoms with E-state index in [-0.39, 0.29) is 38.0 Å². The van der Waals surface area contributed by atoms with Gasteiger partial charge in [-0.2, -0.15) is 0 Å². The SMILES string of the molecule is CCOc1ccc(S(=O)(=O)Nc2ccc3c(c2)c(C(C)=O)c(C)n3S(=O)(=O)c2ccc(OCC)cc2)cc1. The first-order valence-electron chi connectivity index (χ1n) is 11.9. The Bertz CT molecular complexity index is 1710. The molecular formula is C27H28N2O7S2. The topological polar surface area (TPSA) is 121 Å². The maximum absolute atomic E-state index is 13.6. The quantitative estimate of drug-likeness (QED) is 0.273. The van der Waals surface area contributed by atoms with Crippen molar-refractivity contribution in [2.24, 2.45) is 0 Å². The number of carbonyl (C=O) groups is 1. The fourth-order valence-electron chi connectivity index (χ4n) is 4.28. The van der Waals surface area contributed by atoms with Crippen molar-refractivity contribution in [1.82, 2.24) is 3.97 Å². The molecule has 0 bridgehead atoms. The molecule has 0 aliphatic rings. The monoisotopic (exact) mass is 556 g/mol. The average Bonchev–Trinajstić information content (AvgIpc) is 3.16. The van der Waals surface area contributed by atoms with E-state index in [0.29, 0.717) is 30.1 Å². The van der Waals surface area contributed by atoms with Crippen LogP contribution in [0.1, 0.15) is 36.8 Å². The number of anilines is 1. The minimum absolute atomic E-state index is 0.0244. The van der Waals surface area contributed by atoms with Gasteiger partial charge in [-0.25, -0.2) is 20.8 Å². The summed E-state index contributed by atoms with van der Waals surface area (Å²) in [5.74, 6) is 0.735. The molecule has 0 radical (unpaired) electrons. The zero-order valence-corrected chi connectivity index (χ0v) is 23.0. The Balaban J connectivity index is 1.78. The van der Waals surface area contributed by atoms with Gasteiger partial charge in [-0.3, -0.25) is 9.52 Å². The van der Waals surface area contributed by atoms with E-state index >= 15 is 0 Å². The van der Waals surface area contributed by atoms with Crippen molar-refractivity contribution in [2.75, 3.05) is 17.9 Å². The van der Waals surface area contributed by atoms with Crippen LogP contribution < -0.4 is 14.2 Å². The molecule has 0 aliphatic heterocycles. The summed E-state index contributed by atoms with van der Waals surface area (Å²) < 4.78 is 67.6. The van der Waals surface area contributed by atoms with Gasteiger partial charge in [-0.05, 0) is 94.4 Å². The number of carbonyl (C=O) groups excluding carboxylic acids is 1. The molecule has 200 valence electrons. The number of benzene rings is 3. The molecule has 4 rings (SSSR count). The fraction of sp³-hybridized carbons (Fsp3) is 0.222. The van der Waals surface area contributed by atoms with E-state index in [1.165, 1.54) is 49.4 Å². The molecular weight excluding hydrogens is 528 g/mol. The molecule has 38 heavy (non-hydrogen) atoms. The molecule has 3 aromatic carbocycles. The highest BCUT2D eigenvalue weighted by Gasteiger charge is 2.27. The molecule has 0 aliphatic carbocycles. The lowest BCUT2D eigenvalue weighted by atomic mass is 10.1. The van der Waals surface area contributed by atoms with Crippen molar-refractivity contribution in [3.63, 3.8) is 0 Å². The summed E-state index contributed by atoms with van der Waals surface area (Å²) in [5.41, 5.74) is 0.861. The number of ether oxygens (including phenoxy) is 2. The van der Waals surface area contributed by atoms with E-state index in [1.54, 1.807) is 31.2 Å². The number of hydrogen-bond acceptors (Lipinski definition) is 7. The van der Waals surface area contributed by atoms with E-state index in [0.717, 1.165) is 3.97 Å². The molecule has 0 saturated carbocycles. The first-order chi connectivity index (χ1) is 18.0. The first kappa shape index (κ1) is 27.2. The van der Waals surface area contributed by atoms with Crippen molar-refractivity contribution in [3.8, 4) is 11.5 Å². The van der Waals surface area contributed by atoms with Gasteiger partial charge in [0.15, 0.2) is 5.78 Å². The Morgan fingerprint density at radius 3 is 1.84 bits per heavy atom. The van der Waals surface area contributed by atoms with Crippen LogP contribution in [0.5, 0.6) is 11.5 Å². The lowest BCUT2D eigenvalue weighted by Crippen LogP contribution is -2.15. The molecule has 0 fully saturated rings. The van der Waals surface area contributed by atoms with Crippen LogP contribution in [0.25, 0.3) is 10.9 Å². The Morgan fingerprint density at radius 1 is 0.816 bits per heavy atom. The minimum Gasteiger partial charge on any atom is -0.494 e. The van der Waals surface area contributed by atoms with Gasteiger partial charge in [0, 0.05) is 22.3 Å². The van der Waals surface area contributed by atoms with Crippen LogP contribution in [-0.2, 0) is 20.0 Å². The summed E-state index contributed by atoms with van der Waals surface area (Å²) >= 11 is 0. The van der Waals surface area contributed by atoms with Gasteiger partial charge in [0.05, 0.1) is 28.5 Å². The number of Topliss-reactive ketones (excluding diaryl/α,β-unsaturated/α-hetero) is 1. The smallest absolute Gasteiger partial charge is 0.268 e. The number of fused-ring (bicyclic) bond motifs is 1. The number of hydrogen-bond donors (Lipinski definition) is 1. The van der Waals surface area contributed by atoms with Crippen molar-refractivity contribution in [3.05, 3.63) is 78.0 Å². The third kappa shape index (κ3) is 5.11. The maximum atomic E-state index is 13.6. The van der Waals surface area contributed by atoms with Crippen LogP contribution in [0.2, 0.25) is 0 Å². The second kappa shape index (κ2) is 10.5. The summed E-state index contributed by atoms with van der Waals surface area (Å²) in [6.07, 6.45) is 0. The Labute approximate surface area is 222 Å². The van der Waals surface area contributed by atoms with Crippen LogP contribution in [-0.4, -0.2) is 39.8 Å². The summed E-state index contributed by atoms with van der Waals surface area (Å²) in [6, 6.07) is 16.4. The molecule has 1 aromatic heterocycles. The van der Waals surface area contributed by atoms with Crippen molar-refractivity contribution in [2.45, 2.75) is 37.5 Å². The van der Waals surface area contributed by atoms with Gasteiger partial charge in [0.25, 0.3) is 20.0 Å². The van der Waals surface area contributed by atoms with Crippen LogP contribution in [0, 0.1) is 6.92 Å². The molecule has 0 saturated heterocycles. The maximum Gasteiger partial charge on any atom is 0.268 e. The van der Waals surface area contributed by atoms with Gasteiger partial charge in [-0.15, -0.1) is 0 Å². The molecule has 0 atom stereocenters. The second-order valence-corrected chi connectivity index (χ2v) is 11.9. The number of ketones is 1. The molecule has 0 unspecified atom stereocenters. The highest BCUT2D eigenvalue weighted by atomic mass is 32.2. The largest absolute Gasteiger partial charge is 0.494 e. The third-order valence-electron chi connectivity index (χ3n) is 5.87. The van der Waals surface area contributed by atoms with Gasteiger partial charge < -0.3 is 9.47 Å². The molecule has 9 nitrogen and oxygen atoms in total. The molecule has 11 heteroatoms.